The van der Waals surface area contributed by atoms with E-state index in [9.17, 15) is 18.1 Å². The molecule has 0 saturated carbocycles. The van der Waals surface area contributed by atoms with Crippen molar-refractivity contribution in [2.75, 3.05) is 19.7 Å². The molecular weight excluding hydrogens is 421 g/mol. The first kappa shape index (κ1) is 19.6. The van der Waals surface area contributed by atoms with E-state index in [2.05, 4.69) is 0 Å². The van der Waals surface area contributed by atoms with Gasteiger partial charge in [-0.05, 0) is 30.3 Å². The average Bonchev–Trinajstić information content (AvgIpc) is 3.37. The molecule has 1 unspecified atom stereocenters. The monoisotopic (exact) mass is 433 g/mol. The van der Waals surface area contributed by atoms with Gasteiger partial charge in [0.05, 0.1) is 24.3 Å². The minimum atomic E-state index is -4.00. The van der Waals surface area contributed by atoms with Crippen molar-refractivity contribution in [1.82, 2.24) is 4.31 Å². The Labute approximate surface area is 171 Å². The molecule has 0 N–H and O–H groups in total. The van der Waals surface area contributed by atoms with Crippen LogP contribution in [0.2, 0.25) is 5.02 Å². The second-order valence-corrected chi connectivity index (χ2v) is 9.11. The largest absolute Gasteiger partial charge is 0.486 e. The second-order valence-electron chi connectivity index (χ2n) is 6.76. The normalized spacial score (nSPS) is 23.5. The van der Waals surface area contributed by atoms with Gasteiger partial charge in [0.1, 0.15) is 40.3 Å². The van der Waals surface area contributed by atoms with E-state index in [-0.39, 0.29) is 39.9 Å². The molecule has 2 aromatic carbocycles. The summed E-state index contributed by atoms with van der Waals surface area (Å²) < 4.78 is 52.5. The summed E-state index contributed by atoms with van der Waals surface area (Å²) in [6.07, 6.45) is -0.664. The minimum Gasteiger partial charge on any atom is -0.486 e. The van der Waals surface area contributed by atoms with E-state index in [1.807, 2.05) is 6.07 Å². The number of rotatable bonds is 4. The van der Waals surface area contributed by atoms with Gasteiger partial charge in [0.2, 0.25) is 10.0 Å². The van der Waals surface area contributed by atoms with Crippen LogP contribution in [-0.2, 0) is 14.8 Å². The van der Waals surface area contributed by atoms with E-state index in [4.69, 9.17) is 26.3 Å². The lowest BCUT2D eigenvalue weighted by Crippen LogP contribution is -2.33. The van der Waals surface area contributed by atoms with Crippen molar-refractivity contribution >= 4 is 21.6 Å². The summed E-state index contributed by atoms with van der Waals surface area (Å²) in [7, 11) is -4.00. The number of sulfonamides is 1. The zero-order valence-electron chi connectivity index (χ0n) is 14.8. The van der Waals surface area contributed by atoms with Crippen LogP contribution in [0.4, 0.5) is 4.39 Å². The summed E-state index contributed by atoms with van der Waals surface area (Å²) in [5, 5.41) is 18.4. The molecule has 2 aliphatic heterocycles. The zero-order valence-corrected chi connectivity index (χ0v) is 16.4. The van der Waals surface area contributed by atoms with Crippen LogP contribution >= 0.6 is 11.6 Å². The number of epoxide rings is 1. The zero-order chi connectivity index (χ0) is 20.8. The summed E-state index contributed by atoms with van der Waals surface area (Å²) in [6.45, 7) is 0.317. The molecule has 2 heterocycles. The fourth-order valence-electron chi connectivity index (χ4n) is 3.29. The molecule has 0 bridgehead atoms. The van der Waals surface area contributed by atoms with Crippen LogP contribution < -0.4 is 4.74 Å². The number of ether oxygens (including phenoxy) is 2. The predicted octanol–water partition coefficient (Wildman–Crippen LogP) is 2.44. The van der Waals surface area contributed by atoms with Gasteiger partial charge in [0, 0.05) is 17.6 Å². The van der Waals surface area contributed by atoms with Crippen molar-refractivity contribution in [2.45, 2.75) is 16.6 Å². The maximum absolute atomic E-state index is 13.9. The average molecular weight is 434 g/mol. The van der Waals surface area contributed by atoms with Crippen molar-refractivity contribution in [3.8, 4) is 17.9 Å². The molecule has 2 aliphatic rings. The van der Waals surface area contributed by atoms with Gasteiger partial charge < -0.3 is 9.47 Å². The summed E-state index contributed by atoms with van der Waals surface area (Å²) >= 11 is 5.86. The highest BCUT2D eigenvalue weighted by atomic mass is 35.5. The quantitative estimate of drug-likeness (QED) is 0.685. The van der Waals surface area contributed by atoms with Crippen LogP contribution in [0.25, 0.3) is 0 Å². The van der Waals surface area contributed by atoms with Crippen LogP contribution in [-0.4, -0.2) is 44.1 Å². The smallest absolute Gasteiger partial charge is 0.244 e. The van der Waals surface area contributed by atoms with Crippen LogP contribution in [0.3, 0.4) is 0 Å². The van der Waals surface area contributed by atoms with Crippen LogP contribution in [0.1, 0.15) is 11.1 Å². The van der Waals surface area contributed by atoms with Crippen LogP contribution in [0.15, 0.2) is 41.3 Å². The molecule has 2 fully saturated rings. The first-order valence-corrected chi connectivity index (χ1v) is 10.3. The van der Waals surface area contributed by atoms with E-state index >= 15 is 0 Å². The number of hydrogen-bond donors (Lipinski definition) is 0. The Bertz CT molecular complexity index is 1180. The molecular formula is C19H13ClFN3O4S. The summed E-state index contributed by atoms with van der Waals surface area (Å²) in [5.41, 5.74) is -0.990. The van der Waals surface area contributed by atoms with Crippen molar-refractivity contribution < 1.29 is 22.3 Å². The molecule has 10 heteroatoms. The van der Waals surface area contributed by atoms with E-state index in [0.717, 1.165) is 6.07 Å². The van der Waals surface area contributed by atoms with Gasteiger partial charge >= 0.3 is 0 Å². The van der Waals surface area contributed by atoms with Crippen LogP contribution in [0.5, 0.6) is 5.75 Å². The Morgan fingerprint density at radius 3 is 2.55 bits per heavy atom. The maximum Gasteiger partial charge on any atom is 0.244 e. The Balaban J connectivity index is 1.60. The summed E-state index contributed by atoms with van der Waals surface area (Å²) in [4.78, 5) is -0.148. The highest BCUT2D eigenvalue weighted by Crippen LogP contribution is 2.42. The third-order valence-electron chi connectivity index (χ3n) is 4.93. The van der Waals surface area contributed by atoms with Crippen molar-refractivity contribution in [2.24, 2.45) is 0 Å². The third kappa shape index (κ3) is 3.43. The molecule has 2 atom stereocenters. The van der Waals surface area contributed by atoms with Crippen molar-refractivity contribution in [1.29, 1.82) is 10.5 Å². The van der Waals surface area contributed by atoms with Gasteiger partial charge in [-0.2, -0.15) is 14.8 Å². The Kier molecular flexibility index (Phi) is 4.72. The fraction of sp³-hybridized carbons (Fsp3) is 0.263. The number of benzene rings is 2. The lowest BCUT2D eigenvalue weighted by molar-refractivity contribution is 0.135. The molecule has 1 spiro atoms. The van der Waals surface area contributed by atoms with Gasteiger partial charge in [0.25, 0.3) is 0 Å². The molecule has 2 saturated heterocycles. The van der Waals surface area contributed by atoms with Gasteiger partial charge in [0.15, 0.2) is 0 Å². The second kappa shape index (κ2) is 6.97. The first-order valence-electron chi connectivity index (χ1n) is 8.49. The number of halogens is 2. The molecule has 7 nitrogen and oxygen atoms in total. The topological polar surface area (TPSA) is 107 Å². The van der Waals surface area contributed by atoms with E-state index in [0.29, 0.717) is 6.61 Å². The first-order chi connectivity index (χ1) is 13.8. The standard InChI is InChI=1S/C19H13ClFN3O4S/c20-14-2-4-17(13(5-14)8-23)29(25,26)24-9-18(19(10-24)11-27-19)28-15-3-1-12(7-22)16(21)6-15/h1-6,18H,9-11H2/t18-,19?/m0/s1. The molecule has 0 aromatic heterocycles. The lowest BCUT2D eigenvalue weighted by atomic mass is 10.1. The fourth-order valence-corrected chi connectivity index (χ4v) is 5.08. The Morgan fingerprint density at radius 2 is 1.93 bits per heavy atom. The molecule has 0 aliphatic carbocycles. The molecule has 29 heavy (non-hydrogen) atoms. The Hall–Kier alpha value is -2.69. The number of nitrogens with zero attached hydrogens (tertiary/aromatic N) is 3. The predicted molar refractivity (Wildman–Crippen MR) is 99.1 cm³/mol. The van der Waals surface area contributed by atoms with Gasteiger partial charge in [-0.15, -0.1) is 0 Å². The van der Waals surface area contributed by atoms with E-state index in [1.165, 1.54) is 34.6 Å². The number of hydrogen-bond acceptors (Lipinski definition) is 6. The van der Waals surface area contributed by atoms with Gasteiger partial charge in [-0.25, -0.2) is 12.8 Å². The van der Waals surface area contributed by atoms with E-state index in [1.54, 1.807) is 6.07 Å². The SMILES string of the molecule is N#Cc1ccc(O[C@H]2CN(S(=O)(=O)c3ccc(Cl)cc3C#N)CC23CO3)cc1F. The molecule has 0 amide bonds. The number of nitriles is 2. The molecule has 2 aromatic rings. The lowest BCUT2D eigenvalue weighted by Gasteiger charge is -2.18. The van der Waals surface area contributed by atoms with Gasteiger partial charge in [-0.3, -0.25) is 0 Å². The van der Waals surface area contributed by atoms with E-state index < -0.39 is 27.5 Å². The van der Waals surface area contributed by atoms with Crippen molar-refractivity contribution in [3.05, 3.63) is 58.4 Å². The summed E-state index contributed by atoms with van der Waals surface area (Å²) in [6, 6.07) is 11.4. The maximum atomic E-state index is 13.9. The molecule has 148 valence electrons. The third-order valence-corrected chi connectivity index (χ3v) is 7.04. The highest BCUT2D eigenvalue weighted by Gasteiger charge is 2.61. The Morgan fingerprint density at radius 1 is 1.21 bits per heavy atom. The molecule has 4 rings (SSSR count). The summed E-state index contributed by atoms with van der Waals surface area (Å²) in [5.74, 6) is -0.553. The minimum absolute atomic E-state index is 0.0303. The van der Waals surface area contributed by atoms with Crippen molar-refractivity contribution in [3.63, 3.8) is 0 Å². The molecule has 0 radical (unpaired) electrons. The van der Waals surface area contributed by atoms with Crippen LogP contribution in [0, 0.1) is 28.5 Å². The highest BCUT2D eigenvalue weighted by molar-refractivity contribution is 7.89. The van der Waals surface area contributed by atoms with Gasteiger partial charge in [-0.1, -0.05) is 11.6 Å².